The number of nitrogens with one attached hydrogen (secondary N) is 2. The largest absolute Gasteiger partial charge is 0.372 e. The summed E-state index contributed by atoms with van der Waals surface area (Å²) < 4.78 is 5.76. The van der Waals surface area contributed by atoms with Gasteiger partial charge in [-0.2, -0.15) is 0 Å². The summed E-state index contributed by atoms with van der Waals surface area (Å²) in [5.74, 6) is 0.577. The first-order valence-corrected chi connectivity index (χ1v) is 9.75. The predicted molar refractivity (Wildman–Crippen MR) is 112 cm³/mol. The number of H-pyrrole nitrogens is 1. The first-order valence-electron chi connectivity index (χ1n) is 9.75. The molecule has 1 amide bonds. The van der Waals surface area contributed by atoms with E-state index in [9.17, 15) is 9.59 Å². The number of morpholine rings is 1. The summed E-state index contributed by atoms with van der Waals surface area (Å²) in [5, 5.41) is 4.14. The van der Waals surface area contributed by atoms with E-state index in [0.717, 1.165) is 29.9 Å². The van der Waals surface area contributed by atoms with Gasteiger partial charge in [0.15, 0.2) is 0 Å². The fourth-order valence-corrected chi connectivity index (χ4v) is 3.68. The van der Waals surface area contributed by atoms with E-state index >= 15 is 0 Å². The molecule has 7 heteroatoms. The molecule has 29 heavy (non-hydrogen) atoms. The van der Waals surface area contributed by atoms with Crippen molar-refractivity contribution < 1.29 is 9.53 Å². The second-order valence-corrected chi connectivity index (χ2v) is 7.47. The number of amides is 1. The molecule has 4 rings (SSSR count). The number of aromatic nitrogens is 2. The van der Waals surface area contributed by atoms with Crippen LogP contribution in [0.5, 0.6) is 0 Å². The molecule has 0 radical (unpaired) electrons. The van der Waals surface area contributed by atoms with Crippen LogP contribution in [0, 0.1) is 0 Å². The lowest BCUT2D eigenvalue weighted by atomic mass is 10.1. The molecular formula is C22H24N4O3. The Hall–Kier alpha value is -3.19. The fraction of sp³-hybridized carbons (Fsp3) is 0.318. The van der Waals surface area contributed by atoms with Crippen molar-refractivity contribution in [2.45, 2.75) is 32.6 Å². The highest BCUT2D eigenvalue weighted by Crippen LogP contribution is 2.18. The highest BCUT2D eigenvalue weighted by Gasteiger charge is 2.23. The van der Waals surface area contributed by atoms with Gasteiger partial charge in [0, 0.05) is 31.2 Å². The van der Waals surface area contributed by atoms with Gasteiger partial charge >= 0.3 is 0 Å². The van der Waals surface area contributed by atoms with Gasteiger partial charge in [-0.15, -0.1) is 0 Å². The molecule has 1 saturated heterocycles. The van der Waals surface area contributed by atoms with Crippen LogP contribution in [0.3, 0.4) is 0 Å². The summed E-state index contributed by atoms with van der Waals surface area (Å²) in [5.41, 5.74) is 0.863. The molecule has 2 N–H and O–H groups in total. The van der Waals surface area contributed by atoms with E-state index in [1.165, 1.54) is 0 Å². The van der Waals surface area contributed by atoms with Gasteiger partial charge in [-0.05, 0) is 43.0 Å². The Bertz CT molecular complexity index is 1070. The summed E-state index contributed by atoms with van der Waals surface area (Å²) in [7, 11) is 0. The lowest BCUT2D eigenvalue weighted by molar-refractivity contribution is -0.00546. The van der Waals surface area contributed by atoms with Crippen molar-refractivity contribution in [1.29, 1.82) is 0 Å². The molecule has 1 fully saturated rings. The monoisotopic (exact) mass is 392 g/mol. The molecule has 1 aliphatic rings. The second-order valence-electron chi connectivity index (χ2n) is 7.47. The zero-order valence-corrected chi connectivity index (χ0v) is 16.5. The Labute approximate surface area is 168 Å². The van der Waals surface area contributed by atoms with Crippen molar-refractivity contribution in [3.05, 3.63) is 70.3 Å². The van der Waals surface area contributed by atoms with E-state index in [1.807, 2.05) is 24.3 Å². The number of hydrogen-bond acceptors (Lipinski definition) is 5. The predicted octanol–water partition coefficient (Wildman–Crippen LogP) is 2.47. The molecule has 2 unspecified atom stereocenters. The van der Waals surface area contributed by atoms with Crippen LogP contribution in [-0.2, 0) is 11.3 Å². The van der Waals surface area contributed by atoms with Crippen LogP contribution in [-0.4, -0.2) is 41.2 Å². The van der Waals surface area contributed by atoms with Crippen LogP contribution in [0.25, 0.3) is 10.8 Å². The van der Waals surface area contributed by atoms with Gasteiger partial charge in [0.05, 0.1) is 12.2 Å². The van der Waals surface area contributed by atoms with Gasteiger partial charge in [-0.1, -0.05) is 24.3 Å². The molecule has 0 saturated carbocycles. The van der Waals surface area contributed by atoms with Gasteiger partial charge < -0.3 is 19.9 Å². The van der Waals surface area contributed by atoms with Crippen LogP contribution in [0.2, 0.25) is 0 Å². The van der Waals surface area contributed by atoms with Gasteiger partial charge in [-0.25, -0.2) is 4.98 Å². The van der Waals surface area contributed by atoms with Gasteiger partial charge in [0.1, 0.15) is 11.5 Å². The number of ether oxygens (including phenoxy) is 1. The summed E-state index contributed by atoms with van der Waals surface area (Å²) in [6, 6.07) is 12.8. The van der Waals surface area contributed by atoms with Crippen LogP contribution in [0.4, 0.5) is 5.82 Å². The van der Waals surface area contributed by atoms with Gasteiger partial charge in [0.2, 0.25) is 0 Å². The van der Waals surface area contributed by atoms with Gasteiger partial charge in [-0.3, -0.25) is 9.59 Å². The zero-order chi connectivity index (χ0) is 20.4. The summed E-state index contributed by atoms with van der Waals surface area (Å²) in [4.78, 5) is 34.0. The van der Waals surface area contributed by atoms with E-state index in [-0.39, 0.29) is 29.4 Å². The average molecular weight is 392 g/mol. The van der Waals surface area contributed by atoms with E-state index in [1.54, 1.807) is 24.4 Å². The van der Waals surface area contributed by atoms with Crippen LogP contribution < -0.4 is 15.8 Å². The number of carbonyl (C=O) groups is 1. The number of rotatable bonds is 4. The summed E-state index contributed by atoms with van der Waals surface area (Å²) in [6.45, 7) is 6.07. The molecule has 2 aromatic heterocycles. The number of pyridine rings is 2. The number of nitrogens with zero attached hydrogens (tertiary/aromatic N) is 2. The Kier molecular flexibility index (Phi) is 5.31. The maximum Gasteiger partial charge on any atom is 0.268 e. The van der Waals surface area contributed by atoms with Crippen LogP contribution in [0.15, 0.2) is 53.5 Å². The molecule has 0 spiro atoms. The highest BCUT2D eigenvalue weighted by molar-refractivity contribution is 5.96. The van der Waals surface area contributed by atoms with Crippen molar-refractivity contribution in [2.75, 3.05) is 18.0 Å². The molecule has 3 heterocycles. The normalized spacial score (nSPS) is 19.3. The number of anilines is 1. The zero-order valence-electron chi connectivity index (χ0n) is 16.5. The molecular weight excluding hydrogens is 368 g/mol. The fourth-order valence-electron chi connectivity index (χ4n) is 3.68. The first-order chi connectivity index (χ1) is 14.0. The SMILES string of the molecule is CC1CN(c2ccc(CNC(=O)c3cc4ccccc4c(=O)[nH]3)cn2)CC(C)O1. The second kappa shape index (κ2) is 8.05. The lowest BCUT2D eigenvalue weighted by Crippen LogP contribution is -2.45. The molecule has 1 aromatic carbocycles. The minimum atomic E-state index is -0.326. The molecule has 1 aliphatic heterocycles. The average Bonchev–Trinajstić information content (AvgIpc) is 2.71. The topological polar surface area (TPSA) is 87.3 Å². The molecule has 0 aliphatic carbocycles. The van der Waals surface area contributed by atoms with E-state index in [2.05, 4.69) is 34.0 Å². The van der Waals surface area contributed by atoms with E-state index < -0.39 is 0 Å². The molecule has 2 atom stereocenters. The third kappa shape index (κ3) is 4.30. The number of benzene rings is 1. The minimum absolute atomic E-state index is 0.170. The van der Waals surface area contributed by atoms with E-state index in [4.69, 9.17) is 4.74 Å². The maximum absolute atomic E-state index is 12.5. The van der Waals surface area contributed by atoms with E-state index in [0.29, 0.717) is 11.9 Å². The number of aromatic amines is 1. The number of hydrogen-bond donors (Lipinski definition) is 2. The van der Waals surface area contributed by atoms with Crippen LogP contribution in [0.1, 0.15) is 29.9 Å². The Morgan fingerprint density at radius 3 is 2.69 bits per heavy atom. The summed E-state index contributed by atoms with van der Waals surface area (Å²) in [6.07, 6.45) is 2.11. The minimum Gasteiger partial charge on any atom is -0.372 e. The molecule has 0 bridgehead atoms. The lowest BCUT2D eigenvalue weighted by Gasteiger charge is -2.36. The number of fused-ring (bicyclic) bond motifs is 1. The first kappa shape index (κ1) is 19.1. The van der Waals surface area contributed by atoms with Crippen LogP contribution >= 0.6 is 0 Å². The third-order valence-corrected chi connectivity index (χ3v) is 5.00. The van der Waals surface area contributed by atoms with Gasteiger partial charge in [0.25, 0.3) is 11.5 Å². The number of carbonyl (C=O) groups excluding carboxylic acids is 1. The third-order valence-electron chi connectivity index (χ3n) is 5.00. The molecule has 7 nitrogen and oxygen atoms in total. The quantitative estimate of drug-likeness (QED) is 0.712. The van der Waals surface area contributed by atoms with Crippen molar-refractivity contribution in [2.24, 2.45) is 0 Å². The standard InChI is InChI=1S/C22H24N4O3/c1-14-12-26(13-15(2)29-14)20-8-7-16(10-23-20)11-24-22(28)19-9-17-5-3-4-6-18(17)21(27)25-19/h3-10,14-15H,11-13H2,1-2H3,(H,24,28)(H,25,27). The Balaban J connectivity index is 1.41. The highest BCUT2D eigenvalue weighted by atomic mass is 16.5. The smallest absolute Gasteiger partial charge is 0.268 e. The molecule has 3 aromatic rings. The summed E-state index contributed by atoms with van der Waals surface area (Å²) >= 11 is 0. The van der Waals surface area contributed by atoms with Crippen molar-refractivity contribution in [3.8, 4) is 0 Å². The Morgan fingerprint density at radius 1 is 1.21 bits per heavy atom. The Morgan fingerprint density at radius 2 is 1.97 bits per heavy atom. The maximum atomic E-state index is 12.5. The van der Waals surface area contributed by atoms with Crippen molar-refractivity contribution >= 4 is 22.5 Å². The van der Waals surface area contributed by atoms with Crippen molar-refractivity contribution in [3.63, 3.8) is 0 Å². The molecule has 150 valence electrons. The van der Waals surface area contributed by atoms with Crippen molar-refractivity contribution in [1.82, 2.24) is 15.3 Å².